The van der Waals surface area contributed by atoms with Crippen LogP contribution in [0.1, 0.15) is 13.8 Å². The highest BCUT2D eigenvalue weighted by atomic mass is 32.2. The number of aromatic nitrogens is 1. The van der Waals surface area contributed by atoms with Gasteiger partial charge in [-0.1, -0.05) is 6.92 Å². The molecule has 1 heterocycles. The summed E-state index contributed by atoms with van der Waals surface area (Å²) < 4.78 is 0. The maximum Gasteiger partial charge on any atom is 0.0439 e. The van der Waals surface area contributed by atoms with Crippen LogP contribution in [0.2, 0.25) is 0 Å². The Labute approximate surface area is 112 Å². The van der Waals surface area contributed by atoms with E-state index >= 15 is 0 Å². The Morgan fingerprint density at radius 2 is 2.17 bits per heavy atom. The molecule has 18 heavy (non-hydrogen) atoms. The molecule has 0 radical (unpaired) electrons. The Morgan fingerprint density at radius 3 is 2.94 bits per heavy atom. The summed E-state index contributed by atoms with van der Waals surface area (Å²) in [5.41, 5.74) is 7.88. The maximum absolute atomic E-state index is 5.98. The van der Waals surface area contributed by atoms with Gasteiger partial charge in [0.15, 0.2) is 0 Å². The Bertz CT molecular complexity index is 527. The smallest absolute Gasteiger partial charge is 0.0439 e. The third-order valence-electron chi connectivity index (χ3n) is 2.83. The van der Waals surface area contributed by atoms with Crippen LogP contribution in [-0.4, -0.2) is 22.5 Å². The number of nitrogen functional groups attached to an aromatic ring is 1. The molecule has 2 aromatic rings. The fourth-order valence-corrected chi connectivity index (χ4v) is 2.61. The first kappa shape index (κ1) is 13.0. The minimum atomic E-state index is 0.432. The molecule has 0 bridgehead atoms. The van der Waals surface area contributed by atoms with E-state index in [-0.39, 0.29) is 0 Å². The summed E-state index contributed by atoms with van der Waals surface area (Å²) in [5.74, 6) is 2.25. The zero-order valence-corrected chi connectivity index (χ0v) is 11.6. The van der Waals surface area contributed by atoms with Crippen LogP contribution >= 0.6 is 11.8 Å². The fourth-order valence-electron chi connectivity index (χ4n) is 1.94. The standard InChI is InChI=1S/C14H19N3S/c1-3-18-9-10(2)17-14-5-4-13(15)11-6-7-16-8-12(11)14/h4-8,10,17H,3,9,15H2,1-2H3. The van der Waals surface area contributed by atoms with Gasteiger partial charge >= 0.3 is 0 Å². The third kappa shape index (κ3) is 2.88. The predicted octanol–water partition coefficient (Wildman–Crippen LogP) is 3.37. The van der Waals surface area contributed by atoms with E-state index in [4.69, 9.17) is 5.73 Å². The lowest BCUT2D eigenvalue weighted by Crippen LogP contribution is -2.18. The molecule has 1 aromatic heterocycles. The van der Waals surface area contributed by atoms with Crippen molar-refractivity contribution in [3.05, 3.63) is 30.6 Å². The van der Waals surface area contributed by atoms with E-state index in [0.717, 1.165) is 33.7 Å². The average molecular weight is 261 g/mol. The van der Waals surface area contributed by atoms with Crippen molar-refractivity contribution < 1.29 is 0 Å². The SMILES string of the molecule is CCSCC(C)Nc1ccc(N)c2ccncc12. The lowest BCUT2D eigenvalue weighted by molar-refractivity contribution is 0.915. The molecule has 0 aliphatic heterocycles. The van der Waals surface area contributed by atoms with Gasteiger partial charge in [0.2, 0.25) is 0 Å². The molecule has 0 amide bonds. The van der Waals surface area contributed by atoms with Crippen LogP contribution < -0.4 is 11.1 Å². The van der Waals surface area contributed by atoms with Crippen molar-refractivity contribution in [3.8, 4) is 0 Å². The lowest BCUT2D eigenvalue weighted by Gasteiger charge is -2.16. The van der Waals surface area contributed by atoms with Crippen LogP contribution in [0.5, 0.6) is 0 Å². The fraction of sp³-hybridized carbons (Fsp3) is 0.357. The molecule has 2 rings (SSSR count). The molecule has 0 saturated heterocycles. The molecule has 4 heteroatoms. The molecule has 1 unspecified atom stereocenters. The van der Waals surface area contributed by atoms with Crippen LogP contribution in [0.15, 0.2) is 30.6 Å². The second-order valence-electron chi connectivity index (χ2n) is 4.33. The minimum Gasteiger partial charge on any atom is -0.398 e. The molecule has 96 valence electrons. The van der Waals surface area contributed by atoms with Crippen molar-refractivity contribution in [3.63, 3.8) is 0 Å². The van der Waals surface area contributed by atoms with Crippen LogP contribution in [0.25, 0.3) is 10.8 Å². The Morgan fingerprint density at radius 1 is 1.33 bits per heavy atom. The molecule has 1 atom stereocenters. The summed E-state index contributed by atoms with van der Waals surface area (Å²) in [4.78, 5) is 4.18. The number of anilines is 2. The van der Waals surface area contributed by atoms with Crippen molar-refractivity contribution in [2.45, 2.75) is 19.9 Å². The average Bonchev–Trinajstić information content (AvgIpc) is 2.40. The second kappa shape index (κ2) is 5.96. The predicted molar refractivity (Wildman–Crippen MR) is 82.2 cm³/mol. The lowest BCUT2D eigenvalue weighted by atomic mass is 10.1. The molecule has 0 fully saturated rings. The van der Waals surface area contributed by atoms with Crippen LogP contribution in [0.4, 0.5) is 11.4 Å². The van der Waals surface area contributed by atoms with E-state index in [1.165, 1.54) is 0 Å². The van der Waals surface area contributed by atoms with E-state index in [9.17, 15) is 0 Å². The van der Waals surface area contributed by atoms with Gasteiger partial charge in [0.05, 0.1) is 0 Å². The highest BCUT2D eigenvalue weighted by Gasteiger charge is 2.07. The molecule has 0 aliphatic rings. The van der Waals surface area contributed by atoms with Crippen molar-refractivity contribution in [1.29, 1.82) is 0 Å². The number of nitrogens with one attached hydrogen (secondary N) is 1. The van der Waals surface area contributed by atoms with Gasteiger partial charge < -0.3 is 11.1 Å². The number of nitrogens with zero attached hydrogens (tertiary/aromatic N) is 1. The molecule has 3 N–H and O–H groups in total. The molecular weight excluding hydrogens is 242 g/mol. The number of fused-ring (bicyclic) bond motifs is 1. The largest absolute Gasteiger partial charge is 0.398 e. The summed E-state index contributed by atoms with van der Waals surface area (Å²) in [7, 11) is 0. The Kier molecular flexibility index (Phi) is 4.31. The van der Waals surface area contributed by atoms with Gasteiger partial charge in [-0.3, -0.25) is 4.98 Å². The molecule has 0 saturated carbocycles. The van der Waals surface area contributed by atoms with Gasteiger partial charge in [-0.15, -0.1) is 0 Å². The topological polar surface area (TPSA) is 50.9 Å². The summed E-state index contributed by atoms with van der Waals surface area (Å²) in [6.07, 6.45) is 3.65. The Hall–Kier alpha value is -1.42. The number of pyridine rings is 1. The summed E-state index contributed by atoms with van der Waals surface area (Å²) in [6.45, 7) is 4.38. The third-order valence-corrected chi connectivity index (χ3v) is 3.97. The van der Waals surface area contributed by atoms with Crippen molar-refractivity contribution in [1.82, 2.24) is 4.98 Å². The minimum absolute atomic E-state index is 0.432. The first-order chi connectivity index (χ1) is 8.72. The summed E-state index contributed by atoms with van der Waals surface area (Å²) in [5, 5.41) is 5.68. The van der Waals surface area contributed by atoms with Gasteiger partial charge in [0.1, 0.15) is 0 Å². The summed E-state index contributed by atoms with van der Waals surface area (Å²) in [6, 6.07) is 6.37. The van der Waals surface area contributed by atoms with Crippen LogP contribution in [-0.2, 0) is 0 Å². The molecule has 1 aromatic carbocycles. The number of benzene rings is 1. The summed E-state index contributed by atoms with van der Waals surface area (Å²) >= 11 is 1.94. The zero-order chi connectivity index (χ0) is 13.0. The molecular formula is C14H19N3S. The number of thioether (sulfide) groups is 1. The maximum atomic E-state index is 5.98. The highest BCUT2D eigenvalue weighted by Crippen LogP contribution is 2.28. The van der Waals surface area contributed by atoms with Crippen LogP contribution in [0.3, 0.4) is 0 Å². The van der Waals surface area contributed by atoms with Crippen molar-refractivity contribution in [2.75, 3.05) is 22.6 Å². The van der Waals surface area contributed by atoms with Gasteiger partial charge in [-0.05, 0) is 30.9 Å². The molecule has 0 spiro atoms. The van der Waals surface area contributed by atoms with Gasteiger partial charge in [-0.25, -0.2) is 0 Å². The first-order valence-corrected chi connectivity index (χ1v) is 7.34. The zero-order valence-electron chi connectivity index (χ0n) is 10.8. The second-order valence-corrected chi connectivity index (χ2v) is 5.65. The van der Waals surface area contributed by atoms with E-state index in [0.29, 0.717) is 6.04 Å². The number of hydrogen-bond acceptors (Lipinski definition) is 4. The van der Waals surface area contributed by atoms with E-state index in [1.54, 1.807) is 6.20 Å². The quantitative estimate of drug-likeness (QED) is 0.810. The molecule has 0 aliphatic carbocycles. The Balaban J connectivity index is 2.26. The van der Waals surface area contributed by atoms with Crippen molar-refractivity contribution in [2.24, 2.45) is 0 Å². The van der Waals surface area contributed by atoms with Crippen molar-refractivity contribution >= 4 is 33.9 Å². The van der Waals surface area contributed by atoms with E-state index < -0.39 is 0 Å². The highest BCUT2D eigenvalue weighted by molar-refractivity contribution is 7.99. The normalized spacial score (nSPS) is 12.6. The van der Waals surface area contributed by atoms with Gasteiger partial charge in [0.25, 0.3) is 0 Å². The monoisotopic (exact) mass is 261 g/mol. The van der Waals surface area contributed by atoms with E-state index in [1.807, 2.05) is 36.2 Å². The number of nitrogens with two attached hydrogens (primary N) is 1. The van der Waals surface area contributed by atoms with Gasteiger partial charge in [-0.2, -0.15) is 11.8 Å². The number of rotatable bonds is 5. The van der Waals surface area contributed by atoms with Crippen LogP contribution in [0, 0.1) is 0 Å². The first-order valence-electron chi connectivity index (χ1n) is 6.19. The molecule has 3 nitrogen and oxygen atoms in total. The van der Waals surface area contributed by atoms with E-state index in [2.05, 4.69) is 24.1 Å². The van der Waals surface area contributed by atoms with Gasteiger partial charge in [0, 0.05) is 46.3 Å². The number of hydrogen-bond donors (Lipinski definition) is 2.